The number of aliphatic hydroxyl groups is 6. The average molecular weight is 606 g/mol. The van der Waals surface area contributed by atoms with E-state index < -0.39 is 85.5 Å². The van der Waals surface area contributed by atoms with Crippen LogP contribution in [0.4, 0.5) is 5.69 Å². The van der Waals surface area contributed by atoms with E-state index in [2.05, 4.69) is 5.32 Å². The number of carbonyl (C=O) groups is 3. The Balaban J connectivity index is 1.46. The Kier molecular flexibility index (Phi) is 10.5. The van der Waals surface area contributed by atoms with E-state index in [9.17, 15) is 45.0 Å². The second-order valence-corrected chi connectivity index (χ2v) is 10.4. The number of esters is 2. The van der Waals surface area contributed by atoms with Crippen molar-refractivity contribution in [2.75, 3.05) is 18.5 Å². The fourth-order valence-corrected chi connectivity index (χ4v) is 5.08. The number of benzene rings is 2. The van der Waals surface area contributed by atoms with Crippen LogP contribution in [0.25, 0.3) is 0 Å². The van der Waals surface area contributed by atoms with Crippen molar-refractivity contribution < 1.29 is 64.0 Å². The highest BCUT2D eigenvalue weighted by Crippen LogP contribution is 2.35. The minimum atomic E-state index is -1.57. The van der Waals surface area contributed by atoms with Crippen LogP contribution in [0.15, 0.2) is 48.5 Å². The third-order valence-electron chi connectivity index (χ3n) is 7.30. The smallest absolute Gasteiger partial charge is 0.303 e. The lowest BCUT2D eigenvalue weighted by molar-refractivity contribution is -0.242. The van der Waals surface area contributed by atoms with Crippen molar-refractivity contribution in [3.8, 4) is 0 Å². The maximum absolute atomic E-state index is 13.0. The predicted octanol–water partition coefficient (Wildman–Crippen LogP) is -0.890. The number of hydrogen-bond acceptors (Lipinski definition) is 13. The maximum atomic E-state index is 13.0. The summed E-state index contributed by atoms with van der Waals surface area (Å²) in [4.78, 5) is 35.9. The summed E-state index contributed by atoms with van der Waals surface area (Å²) in [6.07, 6.45) is -13.2. The molecule has 0 unspecified atom stereocenters. The van der Waals surface area contributed by atoms with E-state index >= 15 is 0 Å². The molecule has 7 N–H and O–H groups in total. The Morgan fingerprint density at radius 3 is 2.02 bits per heavy atom. The molecular weight excluding hydrogens is 570 g/mol. The molecule has 14 nitrogen and oxygen atoms in total. The van der Waals surface area contributed by atoms with Crippen LogP contribution in [0.5, 0.6) is 0 Å². The van der Waals surface area contributed by atoms with E-state index in [4.69, 9.17) is 18.9 Å². The highest BCUT2D eigenvalue weighted by molar-refractivity contribution is 6.04. The molecular formula is C29H35NO13. The quantitative estimate of drug-likeness (QED) is 0.182. The standard InChI is InChI=1S/C29H35NO13/c1-13(32)40-12-20-28(41-14(2)33)25(38)24(37)26(43-20)15-6-8-18(9-7-15)30-29(39)17-5-3-4-16(10-17)27-23(36)22(35)21(34)19(11-31)42-27/h3-10,19-28,31,34-38H,11-12H2,1-2H3,(H,30,39)/t19-,20-,21-,22+,23+,24+,25-,26-,27-,28-/m1/s1. The van der Waals surface area contributed by atoms with Crippen molar-refractivity contribution in [2.24, 2.45) is 0 Å². The Morgan fingerprint density at radius 2 is 1.40 bits per heavy atom. The number of hydrogen-bond donors (Lipinski definition) is 7. The van der Waals surface area contributed by atoms with Gasteiger partial charge < -0.3 is 54.9 Å². The van der Waals surface area contributed by atoms with Crippen LogP contribution < -0.4 is 5.32 Å². The minimum absolute atomic E-state index is 0.192. The van der Waals surface area contributed by atoms with Gasteiger partial charge in [0.05, 0.1) is 6.61 Å². The lowest BCUT2D eigenvalue weighted by atomic mass is 9.90. The zero-order valence-corrected chi connectivity index (χ0v) is 23.3. The second-order valence-electron chi connectivity index (χ2n) is 10.4. The van der Waals surface area contributed by atoms with Crippen molar-refractivity contribution in [3.63, 3.8) is 0 Å². The summed E-state index contributed by atoms with van der Waals surface area (Å²) in [6.45, 7) is 1.40. The number of aliphatic hydroxyl groups excluding tert-OH is 6. The first-order valence-electron chi connectivity index (χ1n) is 13.5. The highest BCUT2D eigenvalue weighted by Gasteiger charge is 2.47. The van der Waals surface area contributed by atoms with E-state index in [1.165, 1.54) is 31.2 Å². The van der Waals surface area contributed by atoms with Crippen LogP contribution >= 0.6 is 0 Å². The number of carbonyl (C=O) groups excluding carboxylic acids is 3. The van der Waals surface area contributed by atoms with Gasteiger partial charge >= 0.3 is 11.9 Å². The number of ether oxygens (including phenoxy) is 4. The average Bonchev–Trinajstić information content (AvgIpc) is 2.98. The molecule has 2 saturated heterocycles. The lowest BCUT2D eigenvalue weighted by Crippen LogP contribution is -2.57. The molecule has 2 heterocycles. The zero-order chi connectivity index (χ0) is 31.4. The van der Waals surface area contributed by atoms with Crippen LogP contribution in [-0.4, -0.2) is 111 Å². The SMILES string of the molecule is CC(=O)OC[C@H]1O[C@H](c2ccc(NC(=O)c3cccc([C@H]4O[C@H](CO)[C@@H](O)[C@H](O)[C@@H]4O)c3)cc2)[C@@H](O)[C@@H](O)[C@@H]1OC(C)=O. The topological polar surface area (TPSA) is 222 Å². The summed E-state index contributed by atoms with van der Waals surface area (Å²) in [5, 5.41) is 64.1. The molecule has 0 aliphatic carbocycles. The normalized spacial score (nSPS) is 32.5. The van der Waals surface area contributed by atoms with Crippen LogP contribution in [0.2, 0.25) is 0 Å². The maximum Gasteiger partial charge on any atom is 0.303 e. The second kappa shape index (κ2) is 13.9. The van der Waals surface area contributed by atoms with Crippen molar-refractivity contribution in [2.45, 2.75) is 74.9 Å². The van der Waals surface area contributed by atoms with Gasteiger partial charge in [0.2, 0.25) is 0 Å². The molecule has 14 heteroatoms. The van der Waals surface area contributed by atoms with E-state index in [1.54, 1.807) is 24.3 Å². The van der Waals surface area contributed by atoms with E-state index in [1.807, 2.05) is 0 Å². The lowest BCUT2D eigenvalue weighted by Gasteiger charge is -2.42. The summed E-state index contributed by atoms with van der Waals surface area (Å²) in [5.41, 5.74) is 1.32. The first-order valence-corrected chi connectivity index (χ1v) is 13.5. The summed E-state index contributed by atoms with van der Waals surface area (Å²) < 4.78 is 21.6. The van der Waals surface area contributed by atoms with Gasteiger partial charge in [-0.05, 0) is 35.4 Å². The molecule has 2 aliphatic heterocycles. The van der Waals surface area contributed by atoms with Gasteiger partial charge in [0, 0.05) is 25.1 Å². The predicted molar refractivity (Wildman–Crippen MR) is 145 cm³/mol. The van der Waals surface area contributed by atoms with Crippen LogP contribution in [-0.2, 0) is 28.5 Å². The fraction of sp³-hybridized carbons (Fsp3) is 0.483. The Labute approximate surface area is 246 Å². The Morgan fingerprint density at radius 1 is 0.767 bits per heavy atom. The molecule has 1 amide bonds. The molecule has 0 aromatic heterocycles. The Bertz CT molecular complexity index is 1290. The minimum Gasteiger partial charge on any atom is -0.463 e. The molecule has 4 rings (SSSR count). The van der Waals surface area contributed by atoms with Gasteiger partial charge in [-0.1, -0.05) is 24.3 Å². The van der Waals surface area contributed by atoms with Crippen LogP contribution in [0.1, 0.15) is 47.5 Å². The van der Waals surface area contributed by atoms with E-state index in [-0.39, 0.29) is 12.2 Å². The summed E-state index contributed by atoms with van der Waals surface area (Å²) >= 11 is 0. The van der Waals surface area contributed by atoms with Crippen molar-refractivity contribution in [1.29, 1.82) is 0 Å². The zero-order valence-electron chi connectivity index (χ0n) is 23.3. The van der Waals surface area contributed by atoms with Gasteiger partial charge in [-0.25, -0.2) is 0 Å². The Hall–Kier alpha value is -3.47. The van der Waals surface area contributed by atoms with Crippen LogP contribution in [0, 0.1) is 0 Å². The number of rotatable bonds is 8. The van der Waals surface area contributed by atoms with Gasteiger partial charge in [0.15, 0.2) is 6.10 Å². The summed E-state index contributed by atoms with van der Waals surface area (Å²) in [6, 6.07) is 12.3. The van der Waals surface area contributed by atoms with Gasteiger partial charge in [-0.15, -0.1) is 0 Å². The van der Waals surface area contributed by atoms with Crippen molar-refractivity contribution in [3.05, 3.63) is 65.2 Å². The molecule has 0 radical (unpaired) electrons. The fourth-order valence-electron chi connectivity index (χ4n) is 5.08. The molecule has 2 fully saturated rings. The number of anilines is 1. The van der Waals surface area contributed by atoms with Crippen molar-refractivity contribution in [1.82, 2.24) is 0 Å². The van der Waals surface area contributed by atoms with E-state index in [0.717, 1.165) is 6.92 Å². The first-order chi connectivity index (χ1) is 20.4. The third-order valence-corrected chi connectivity index (χ3v) is 7.30. The first kappa shape index (κ1) is 32.4. The molecule has 43 heavy (non-hydrogen) atoms. The third kappa shape index (κ3) is 7.37. The van der Waals surface area contributed by atoms with Gasteiger partial charge in [-0.2, -0.15) is 0 Å². The van der Waals surface area contributed by atoms with E-state index in [0.29, 0.717) is 16.8 Å². The largest absolute Gasteiger partial charge is 0.463 e. The van der Waals surface area contributed by atoms with Gasteiger partial charge in [0.1, 0.15) is 61.5 Å². The van der Waals surface area contributed by atoms with Crippen LogP contribution in [0.3, 0.4) is 0 Å². The monoisotopic (exact) mass is 605 g/mol. The van der Waals surface area contributed by atoms with Gasteiger partial charge in [0.25, 0.3) is 5.91 Å². The molecule has 2 aromatic carbocycles. The molecule has 10 atom stereocenters. The molecule has 234 valence electrons. The molecule has 0 spiro atoms. The summed E-state index contributed by atoms with van der Waals surface area (Å²) in [5.74, 6) is -1.85. The summed E-state index contributed by atoms with van der Waals surface area (Å²) in [7, 11) is 0. The molecule has 0 saturated carbocycles. The molecule has 2 aromatic rings. The van der Waals surface area contributed by atoms with Gasteiger partial charge in [-0.3, -0.25) is 14.4 Å². The molecule has 2 aliphatic rings. The number of amides is 1. The number of nitrogens with one attached hydrogen (secondary N) is 1. The molecule has 0 bridgehead atoms. The van der Waals surface area contributed by atoms with Crippen molar-refractivity contribution >= 4 is 23.5 Å². The highest BCUT2D eigenvalue weighted by atomic mass is 16.6.